The molecule has 0 saturated heterocycles. The van der Waals surface area contributed by atoms with Crippen molar-refractivity contribution in [2.75, 3.05) is 18.0 Å². The molecule has 2 heterocycles. The molecule has 0 bridgehead atoms. The highest BCUT2D eigenvalue weighted by Gasteiger charge is 2.15. The second-order valence-electron chi connectivity index (χ2n) is 5.41. The zero-order valence-electron chi connectivity index (χ0n) is 12.6. The van der Waals surface area contributed by atoms with Gasteiger partial charge >= 0.3 is 0 Å². The first-order chi connectivity index (χ1) is 10.0. The van der Waals surface area contributed by atoms with E-state index in [1.807, 2.05) is 13.0 Å². The van der Waals surface area contributed by atoms with Crippen LogP contribution in [0.15, 0.2) is 17.5 Å². The number of hydrogen-bond donors (Lipinski definition) is 2. The highest BCUT2D eigenvalue weighted by atomic mass is 16.4. The smallest absolute Gasteiger partial charge is 0.254 e. The van der Waals surface area contributed by atoms with Crippen molar-refractivity contribution < 1.29 is 5.21 Å². The molecule has 114 valence electrons. The summed E-state index contributed by atoms with van der Waals surface area (Å²) in [7, 11) is 0. The van der Waals surface area contributed by atoms with Crippen LogP contribution in [-0.4, -0.2) is 43.7 Å². The van der Waals surface area contributed by atoms with Crippen LogP contribution in [-0.2, 0) is 0 Å². The van der Waals surface area contributed by atoms with E-state index in [-0.39, 0.29) is 5.84 Å². The molecule has 2 rings (SSSR count). The van der Waals surface area contributed by atoms with E-state index in [0.29, 0.717) is 24.7 Å². The van der Waals surface area contributed by atoms with Crippen molar-refractivity contribution in [3.63, 3.8) is 0 Å². The number of oxime groups is 1. The first-order valence-electron chi connectivity index (χ1n) is 6.90. The van der Waals surface area contributed by atoms with Crippen molar-refractivity contribution in [3.05, 3.63) is 18.1 Å². The number of nitrogens with two attached hydrogens (primary N) is 1. The molecule has 8 nitrogen and oxygen atoms in total. The summed E-state index contributed by atoms with van der Waals surface area (Å²) < 4.78 is 1.71. The third-order valence-electron chi connectivity index (χ3n) is 3.04. The van der Waals surface area contributed by atoms with E-state index >= 15 is 0 Å². The largest absolute Gasteiger partial charge is 0.409 e. The molecule has 0 aliphatic heterocycles. The Labute approximate surface area is 123 Å². The number of anilines is 1. The van der Waals surface area contributed by atoms with Gasteiger partial charge in [0.2, 0.25) is 0 Å². The van der Waals surface area contributed by atoms with E-state index < -0.39 is 0 Å². The van der Waals surface area contributed by atoms with Gasteiger partial charge in [0.1, 0.15) is 18.0 Å². The lowest BCUT2D eigenvalue weighted by molar-refractivity contribution is 0.317. The third kappa shape index (κ3) is 3.59. The van der Waals surface area contributed by atoms with E-state index in [1.54, 1.807) is 4.52 Å². The Bertz CT molecular complexity index is 634. The van der Waals surface area contributed by atoms with Crippen molar-refractivity contribution in [1.29, 1.82) is 0 Å². The quantitative estimate of drug-likeness (QED) is 0.356. The zero-order valence-corrected chi connectivity index (χ0v) is 12.6. The van der Waals surface area contributed by atoms with Crippen LogP contribution < -0.4 is 10.6 Å². The molecule has 0 radical (unpaired) electrons. The Hall–Kier alpha value is -2.38. The predicted octanol–water partition coefficient (Wildman–Crippen LogP) is 1.03. The minimum Gasteiger partial charge on any atom is -0.409 e. The molecule has 0 saturated carbocycles. The zero-order chi connectivity index (χ0) is 15.4. The molecule has 0 amide bonds. The molecule has 0 spiro atoms. The van der Waals surface area contributed by atoms with Gasteiger partial charge in [-0.25, -0.2) is 4.98 Å². The Morgan fingerprint density at radius 2 is 2.29 bits per heavy atom. The SMILES string of the molecule is Cc1cc(N(CCC(N)=NO)CC(C)C)n2ncnc2n1. The van der Waals surface area contributed by atoms with Gasteiger partial charge in [0.25, 0.3) is 5.78 Å². The summed E-state index contributed by atoms with van der Waals surface area (Å²) >= 11 is 0. The van der Waals surface area contributed by atoms with E-state index in [4.69, 9.17) is 10.9 Å². The maximum atomic E-state index is 8.69. The van der Waals surface area contributed by atoms with Crippen LogP contribution in [0.2, 0.25) is 0 Å². The molecule has 2 aromatic heterocycles. The average molecular weight is 291 g/mol. The van der Waals surface area contributed by atoms with Gasteiger partial charge in [0.05, 0.1) is 0 Å². The van der Waals surface area contributed by atoms with E-state index in [2.05, 4.69) is 39.0 Å². The summed E-state index contributed by atoms with van der Waals surface area (Å²) in [5.74, 6) is 2.16. The predicted molar refractivity (Wildman–Crippen MR) is 80.6 cm³/mol. The van der Waals surface area contributed by atoms with Gasteiger partial charge in [-0.05, 0) is 12.8 Å². The monoisotopic (exact) mass is 291 g/mol. The Morgan fingerprint density at radius 1 is 1.52 bits per heavy atom. The van der Waals surface area contributed by atoms with Gasteiger partial charge in [0, 0.05) is 31.3 Å². The number of rotatable bonds is 6. The molecule has 2 aromatic rings. The van der Waals surface area contributed by atoms with Gasteiger partial charge < -0.3 is 15.8 Å². The Balaban J connectivity index is 2.35. The molecular formula is C13H21N7O. The van der Waals surface area contributed by atoms with Gasteiger partial charge in [-0.2, -0.15) is 14.6 Å². The first-order valence-corrected chi connectivity index (χ1v) is 6.90. The lowest BCUT2D eigenvalue weighted by Crippen LogP contribution is -2.33. The van der Waals surface area contributed by atoms with E-state index in [1.165, 1.54) is 6.33 Å². The molecular weight excluding hydrogens is 270 g/mol. The van der Waals surface area contributed by atoms with Crippen molar-refractivity contribution in [3.8, 4) is 0 Å². The van der Waals surface area contributed by atoms with Crippen LogP contribution in [0.25, 0.3) is 5.78 Å². The number of aromatic nitrogens is 4. The first kappa shape index (κ1) is 15.0. The highest BCUT2D eigenvalue weighted by molar-refractivity contribution is 5.80. The second-order valence-corrected chi connectivity index (χ2v) is 5.41. The summed E-state index contributed by atoms with van der Waals surface area (Å²) in [5.41, 5.74) is 6.46. The van der Waals surface area contributed by atoms with Crippen molar-refractivity contribution >= 4 is 17.4 Å². The summed E-state index contributed by atoms with van der Waals surface area (Å²) in [5, 5.41) is 15.9. The van der Waals surface area contributed by atoms with Crippen molar-refractivity contribution in [2.45, 2.75) is 27.2 Å². The van der Waals surface area contributed by atoms with Crippen LogP contribution in [0.5, 0.6) is 0 Å². The number of amidine groups is 1. The molecule has 0 aliphatic carbocycles. The topological polar surface area (TPSA) is 105 Å². The van der Waals surface area contributed by atoms with Gasteiger partial charge in [-0.3, -0.25) is 0 Å². The Kier molecular flexibility index (Phi) is 4.56. The molecule has 0 fully saturated rings. The fraction of sp³-hybridized carbons (Fsp3) is 0.538. The maximum Gasteiger partial charge on any atom is 0.254 e. The molecule has 0 aromatic carbocycles. The van der Waals surface area contributed by atoms with E-state index in [0.717, 1.165) is 18.1 Å². The normalized spacial score (nSPS) is 12.3. The van der Waals surface area contributed by atoms with Crippen LogP contribution in [0.4, 0.5) is 5.82 Å². The lowest BCUT2D eigenvalue weighted by atomic mass is 10.2. The molecule has 0 unspecified atom stereocenters. The molecule has 21 heavy (non-hydrogen) atoms. The molecule has 0 aliphatic rings. The summed E-state index contributed by atoms with van der Waals surface area (Å²) in [6.45, 7) is 7.67. The number of nitrogens with zero attached hydrogens (tertiary/aromatic N) is 6. The average Bonchev–Trinajstić information content (AvgIpc) is 2.89. The maximum absolute atomic E-state index is 8.69. The van der Waals surface area contributed by atoms with E-state index in [9.17, 15) is 0 Å². The van der Waals surface area contributed by atoms with Crippen LogP contribution >= 0.6 is 0 Å². The minimum absolute atomic E-state index is 0.212. The van der Waals surface area contributed by atoms with Crippen molar-refractivity contribution in [2.24, 2.45) is 16.8 Å². The van der Waals surface area contributed by atoms with Gasteiger partial charge in [-0.1, -0.05) is 19.0 Å². The summed E-state index contributed by atoms with van der Waals surface area (Å²) in [6.07, 6.45) is 1.96. The minimum atomic E-state index is 0.212. The highest BCUT2D eigenvalue weighted by Crippen LogP contribution is 2.17. The van der Waals surface area contributed by atoms with Crippen LogP contribution in [0.3, 0.4) is 0 Å². The molecule has 8 heteroatoms. The lowest BCUT2D eigenvalue weighted by Gasteiger charge is -2.26. The van der Waals surface area contributed by atoms with Crippen LogP contribution in [0, 0.1) is 12.8 Å². The number of fused-ring (bicyclic) bond motifs is 1. The Morgan fingerprint density at radius 3 is 2.95 bits per heavy atom. The standard InChI is InChI=1S/C13H21N7O/c1-9(2)7-19(5-4-11(14)18-21)12-6-10(3)17-13-15-8-16-20(12)13/h6,8-9,21H,4-5,7H2,1-3H3,(H2,14,18). The van der Waals surface area contributed by atoms with Gasteiger partial charge in [0.15, 0.2) is 0 Å². The molecule has 3 N–H and O–H groups in total. The summed E-state index contributed by atoms with van der Waals surface area (Å²) in [4.78, 5) is 10.6. The second kappa shape index (κ2) is 6.38. The summed E-state index contributed by atoms with van der Waals surface area (Å²) in [6, 6.07) is 1.97. The number of aryl methyl sites for hydroxylation is 1. The number of hydrogen-bond acceptors (Lipinski definition) is 6. The van der Waals surface area contributed by atoms with Crippen molar-refractivity contribution in [1.82, 2.24) is 19.6 Å². The fourth-order valence-electron chi connectivity index (χ4n) is 2.18. The third-order valence-corrected chi connectivity index (χ3v) is 3.04. The van der Waals surface area contributed by atoms with Gasteiger partial charge in [-0.15, -0.1) is 0 Å². The molecule has 0 atom stereocenters. The fourth-order valence-corrected chi connectivity index (χ4v) is 2.18. The van der Waals surface area contributed by atoms with Crippen LogP contribution in [0.1, 0.15) is 26.0 Å².